The van der Waals surface area contributed by atoms with Gasteiger partial charge in [0.2, 0.25) is 0 Å². The minimum absolute atomic E-state index is 0.0639. The molecule has 2 aromatic rings. The third-order valence-corrected chi connectivity index (χ3v) is 2.47. The number of aromatic nitrogens is 2. The lowest BCUT2D eigenvalue weighted by molar-refractivity contribution is -0.385. The summed E-state index contributed by atoms with van der Waals surface area (Å²) in [5.41, 5.74) is -0.0911. The lowest BCUT2D eigenvalue weighted by Gasteiger charge is -2.04. The van der Waals surface area contributed by atoms with Gasteiger partial charge in [-0.05, 0) is 6.07 Å². The number of nitrogens with zero attached hydrogens (tertiary/aromatic N) is 2. The van der Waals surface area contributed by atoms with Crippen molar-refractivity contribution in [3.63, 3.8) is 0 Å². The van der Waals surface area contributed by atoms with Gasteiger partial charge in [-0.1, -0.05) is 17.7 Å². The van der Waals surface area contributed by atoms with E-state index in [1.54, 1.807) is 12.1 Å². The van der Waals surface area contributed by atoms with Gasteiger partial charge >= 0.3 is 0 Å². The molecule has 0 aliphatic rings. The van der Waals surface area contributed by atoms with E-state index in [-0.39, 0.29) is 18.0 Å². The van der Waals surface area contributed by atoms with Crippen molar-refractivity contribution in [2.45, 2.75) is 6.61 Å². The van der Waals surface area contributed by atoms with E-state index >= 15 is 0 Å². The summed E-state index contributed by atoms with van der Waals surface area (Å²) in [4.78, 5) is 27.5. The Balaban J connectivity index is 2.15. The lowest BCUT2D eigenvalue weighted by Crippen LogP contribution is -2.11. The number of hydrogen-bond acceptors (Lipinski definition) is 5. The number of ether oxygens (including phenoxy) is 1. The zero-order valence-corrected chi connectivity index (χ0v) is 10.3. The Morgan fingerprint density at radius 3 is 2.89 bits per heavy atom. The van der Waals surface area contributed by atoms with Gasteiger partial charge in [-0.25, -0.2) is 4.98 Å². The van der Waals surface area contributed by atoms with Gasteiger partial charge in [-0.3, -0.25) is 14.9 Å². The van der Waals surface area contributed by atoms with E-state index < -0.39 is 10.5 Å². The van der Waals surface area contributed by atoms with Crippen molar-refractivity contribution in [3.8, 4) is 5.75 Å². The molecule has 1 N–H and O–H groups in total. The third-order valence-electron chi connectivity index (χ3n) is 2.25. The van der Waals surface area contributed by atoms with Crippen molar-refractivity contribution in [2.75, 3.05) is 0 Å². The van der Waals surface area contributed by atoms with E-state index in [1.807, 2.05) is 0 Å². The summed E-state index contributed by atoms with van der Waals surface area (Å²) in [5, 5.41) is 10.9. The van der Waals surface area contributed by atoms with Gasteiger partial charge in [0.15, 0.2) is 5.75 Å². The van der Waals surface area contributed by atoms with Crippen LogP contribution in [0, 0.1) is 10.1 Å². The maximum absolute atomic E-state index is 11.4. The zero-order chi connectivity index (χ0) is 13.8. The maximum Gasteiger partial charge on any atom is 0.290 e. The average molecular weight is 282 g/mol. The fraction of sp³-hybridized carbons (Fsp3) is 0.0909. The van der Waals surface area contributed by atoms with Crippen molar-refractivity contribution in [2.24, 2.45) is 0 Å². The van der Waals surface area contributed by atoms with Crippen LogP contribution in [0.25, 0.3) is 0 Å². The fourth-order valence-electron chi connectivity index (χ4n) is 1.32. The highest BCUT2D eigenvalue weighted by atomic mass is 35.5. The Labute approximate surface area is 112 Å². The molecule has 0 saturated heterocycles. The Morgan fingerprint density at radius 1 is 1.47 bits per heavy atom. The van der Waals surface area contributed by atoms with E-state index in [0.717, 1.165) is 12.3 Å². The fourth-order valence-corrected chi connectivity index (χ4v) is 1.43. The first kappa shape index (κ1) is 13.0. The number of aromatic amines is 1. The van der Waals surface area contributed by atoms with E-state index in [1.165, 1.54) is 6.20 Å². The number of nitro groups is 1. The summed E-state index contributed by atoms with van der Waals surface area (Å²) in [6.07, 6.45) is 2.51. The summed E-state index contributed by atoms with van der Waals surface area (Å²) in [6.45, 7) is 0.0639. The monoisotopic (exact) mass is 281 g/mol. The van der Waals surface area contributed by atoms with Gasteiger partial charge in [-0.2, -0.15) is 0 Å². The van der Waals surface area contributed by atoms with E-state index in [4.69, 9.17) is 16.3 Å². The minimum atomic E-state index is -0.618. The van der Waals surface area contributed by atoms with Crippen LogP contribution in [-0.4, -0.2) is 14.9 Å². The first-order chi connectivity index (χ1) is 9.06. The van der Waals surface area contributed by atoms with Gasteiger partial charge in [0.05, 0.1) is 17.2 Å². The molecule has 2 aromatic heterocycles. The molecule has 0 saturated carbocycles. The highest BCUT2D eigenvalue weighted by Gasteiger charge is 2.10. The number of rotatable bonds is 4. The molecule has 2 rings (SSSR count). The molecule has 0 atom stereocenters. The summed E-state index contributed by atoms with van der Waals surface area (Å²) in [7, 11) is 0. The van der Waals surface area contributed by atoms with E-state index in [9.17, 15) is 14.9 Å². The summed E-state index contributed by atoms with van der Waals surface area (Å²) in [5.74, 6) is -0.121. The quantitative estimate of drug-likeness (QED) is 0.524. The molecule has 8 heteroatoms. The van der Waals surface area contributed by atoms with Crippen molar-refractivity contribution in [1.29, 1.82) is 0 Å². The van der Waals surface area contributed by atoms with Crippen LogP contribution in [0.15, 0.2) is 35.4 Å². The molecule has 0 unspecified atom stereocenters. The number of halogens is 1. The molecule has 19 heavy (non-hydrogen) atoms. The molecule has 7 nitrogen and oxygen atoms in total. The molecule has 2 heterocycles. The van der Waals surface area contributed by atoms with Gasteiger partial charge < -0.3 is 9.72 Å². The molecule has 0 fully saturated rings. The average Bonchev–Trinajstić information content (AvgIpc) is 2.39. The first-order valence-corrected chi connectivity index (χ1v) is 5.54. The first-order valence-electron chi connectivity index (χ1n) is 5.16. The maximum atomic E-state index is 11.4. The number of H-pyrrole nitrogens is 1. The zero-order valence-electron chi connectivity index (χ0n) is 9.50. The Kier molecular flexibility index (Phi) is 3.76. The molecule has 0 bridgehead atoms. The summed E-state index contributed by atoms with van der Waals surface area (Å²) in [6, 6.07) is 4.33. The third kappa shape index (κ3) is 3.29. The molecule has 0 aromatic carbocycles. The van der Waals surface area contributed by atoms with Crippen LogP contribution >= 0.6 is 11.6 Å². The molecule has 0 radical (unpaired) electrons. The second-order valence-electron chi connectivity index (χ2n) is 3.59. The lowest BCUT2D eigenvalue weighted by atomic mass is 10.3. The van der Waals surface area contributed by atoms with Gasteiger partial charge in [0, 0.05) is 11.8 Å². The van der Waals surface area contributed by atoms with Crippen LogP contribution in [0.4, 0.5) is 5.69 Å². The highest BCUT2D eigenvalue weighted by molar-refractivity contribution is 6.29. The summed E-state index contributed by atoms with van der Waals surface area (Å²) < 4.78 is 5.22. The van der Waals surface area contributed by atoms with Crippen molar-refractivity contribution >= 4 is 17.3 Å². The predicted molar refractivity (Wildman–Crippen MR) is 67.3 cm³/mol. The van der Waals surface area contributed by atoms with Crippen molar-refractivity contribution in [3.05, 3.63) is 61.8 Å². The van der Waals surface area contributed by atoms with Crippen LogP contribution < -0.4 is 10.3 Å². The van der Waals surface area contributed by atoms with Crippen LogP contribution in [0.1, 0.15) is 5.56 Å². The second-order valence-corrected chi connectivity index (χ2v) is 3.97. The van der Waals surface area contributed by atoms with Crippen LogP contribution in [0.5, 0.6) is 5.75 Å². The summed E-state index contributed by atoms with van der Waals surface area (Å²) >= 11 is 5.63. The SMILES string of the molecule is O=c1[nH]cc([N+](=O)[O-])cc1OCc1ccc(Cl)nc1. The smallest absolute Gasteiger partial charge is 0.290 e. The van der Waals surface area contributed by atoms with Crippen LogP contribution in [0.2, 0.25) is 5.15 Å². The molecule has 0 aliphatic heterocycles. The number of pyridine rings is 2. The molecule has 0 spiro atoms. The Bertz CT molecular complexity index is 654. The van der Waals surface area contributed by atoms with Crippen LogP contribution in [-0.2, 0) is 6.61 Å². The molecule has 0 amide bonds. The predicted octanol–water partition coefficient (Wildman–Crippen LogP) is 1.91. The minimum Gasteiger partial charge on any atom is -0.483 e. The van der Waals surface area contributed by atoms with Crippen LogP contribution in [0.3, 0.4) is 0 Å². The van der Waals surface area contributed by atoms with E-state index in [2.05, 4.69) is 9.97 Å². The second kappa shape index (κ2) is 5.49. The molecular weight excluding hydrogens is 274 g/mol. The largest absolute Gasteiger partial charge is 0.483 e. The topological polar surface area (TPSA) is 98.1 Å². The standard InChI is InChI=1S/C11H8ClN3O4/c12-10-2-1-7(4-13-10)6-19-9-3-8(15(17)18)5-14-11(9)16/h1-5H,6H2,(H,14,16). The Hall–Kier alpha value is -2.41. The van der Waals surface area contributed by atoms with Gasteiger partial charge in [0.1, 0.15) is 11.8 Å². The van der Waals surface area contributed by atoms with E-state index in [0.29, 0.717) is 10.7 Å². The highest BCUT2D eigenvalue weighted by Crippen LogP contribution is 2.15. The van der Waals surface area contributed by atoms with Gasteiger partial charge in [-0.15, -0.1) is 0 Å². The molecule has 0 aliphatic carbocycles. The van der Waals surface area contributed by atoms with Gasteiger partial charge in [0.25, 0.3) is 11.2 Å². The number of hydrogen-bond donors (Lipinski definition) is 1. The normalized spacial score (nSPS) is 10.2. The van der Waals surface area contributed by atoms with Crippen molar-refractivity contribution < 1.29 is 9.66 Å². The van der Waals surface area contributed by atoms with Crippen molar-refractivity contribution in [1.82, 2.24) is 9.97 Å². The Morgan fingerprint density at radius 2 is 2.26 bits per heavy atom. The number of nitrogens with one attached hydrogen (secondary N) is 1. The molecule has 98 valence electrons. The molecular formula is C11H8ClN3O4.